The lowest BCUT2D eigenvalue weighted by Gasteiger charge is -2.13. The van der Waals surface area contributed by atoms with Crippen molar-refractivity contribution in [2.45, 2.75) is 18.7 Å². The fraction of sp³-hybridized carbons (Fsp3) is 0.714. The standard InChI is InChI=1S/C7H10NO7PS/c1-7(15-17(11)12,16(10)13-2)6(9)14-5-3-4-8/h3,5H2,1-2H3/p+1. The van der Waals surface area contributed by atoms with Crippen LogP contribution < -0.4 is 0 Å². The quantitative estimate of drug-likeness (QED) is 0.313. The minimum atomic E-state index is -2.81. The number of hydrogen-bond acceptors (Lipinski definition) is 7. The molecule has 0 saturated heterocycles. The Labute approximate surface area is 101 Å². The first-order chi connectivity index (χ1) is 7.88. The average Bonchev–Trinajstić information content (AvgIpc) is 2.26. The van der Waals surface area contributed by atoms with Crippen LogP contribution in [-0.4, -0.2) is 33.8 Å². The lowest BCUT2D eigenvalue weighted by molar-refractivity contribution is -0.154. The van der Waals surface area contributed by atoms with Crippen molar-refractivity contribution in [3.63, 3.8) is 0 Å². The Morgan fingerprint density at radius 2 is 2.24 bits per heavy atom. The molecule has 8 nitrogen and oxygen atoms in total. The predicted molar refractivity (Wildman–Crippen MR) is 56.1 cm³/mol. The fourth-order valence-electron chi connectivity index (χ4n) is 0.775. The molecular weight excluding hydrogens is 273 g/mol. The Balaban J connectivity index is 4.80. The SMILES string of the molecule is CO[P+](=O)C(C)(OS(=O)O)C(=O)OCCC#N. The summed E-state index contributed by atoms with van der Waals surface area (Å²) in [5.41, 5.74) is 0. The number of ether oxygens (including phenoxy) is 1. The molecule has 0 rings (SSSR count). The zero-order valence-corrected chi connectivity index (χ0v) is 10.8. The van der Waals surface area contributed by atoms with Crippen molar-refractivity contribution in [1.82, 2.24) is 0 Å². The Morgan fingerprint density at radius 1 is 1.65 bits per heavy atom. The molecule has 0 bridgehead atoms. The van der Waals surface area contributed by atoms with E-state index in [1.54, 1.807) is 6.07 Å². The number of rotatable bonds is 7. The minimum absolute atomic E-state index is 0.0617. The third-order valence-electron chi connectivity index (χ3n) is 1.57. The number of nitrogens with zero attached hydrogens (tertiary/aromatic N) is 1. The zero-order valence-electron chi connectivity index (χ0n) is 9.11. The Kier molecular flexibility index (Phi) is 7.03. The monoisotopic (exact) mass is 284 g/mol. The number of carbonyl (C=O) groups excluding carboxylic acids is 1. The highest BCUT2D eigenvalue weighted by Gasteiger charge is 2.59. The van der Waals surface area contributed by atoms with Crippen molar-refractivity contribution < 1.29 is 31.6 Å². The molecule has 0 aliphatic rings. The first-order valence-electron chi connectivity index (χ1n) is 4.24. The highest BCUT2D eigenvalue weighted by Crippen LogP contribution is 2.41. The Hall–Kier alpha value is -0.910. The molecule has 0 saturated carbocycles. The maximum absolute atomic E-state index is 11.5. The molecule has 0 amide bonds. The van der Waals surface area contributed by atoms with Gasteiger partial charge in [0.25, 0.3) is 0 Å². The first kappa shape index (κ1) is 16.1. The van der Waals surface area contributed by atoms with Gasteiger partial charge >= 0.3 is 30.7 Å². The van der Waals surface area contributed by atoms with Crippen LogP contribution in [0.4, 0.5) is 0 Å². The molecule has 0 aromatic rings. The fourth-order valence-corrected chi connectivity index (χ4v) is 2.12. The van der Waals surface area contributed by atoms with Crippen LogP contribution in [0.15, 0.2) is 0 Å². The summed E-state index contributed by atoms with van der Waals surface area (Å²) in [7, 11) is -1.65. The van der Waals surface area contributed by atoms with E-state index >= 15 is 0 Å². The van der Waals surface area contributed by atoms with Crippen molar-refractivity contribution in [3.05, 3.63) is 0 Å². The van der Waals surface area contributed by atoms with Gasteiger partial charge in [0.05, 0.1) is 19.6 Å². The Bertz CT molecular complexity index is 368. The highest BCUT2D eigenvalue weighted by molar-refractivity contribution is 7.74. The summed E-state index contributed by atoms with van der Waals surface area (Å²) in [6, 6.07) is 1.73. The molecule has 1 N–H and O–H groups in total. The third-order valence-corrected chi connectivity index (χ3v) is 3.48. The van der Waals surface area contributed by atoms with Gasteiger partial charge in [-0.05, 0) is 4.57 Å². The van der Waals surface area contributed by atoms with Crippen LogP contribution in [0.3, 0.4) is 0 Å². The van der Waals surface area contributed by atoms with Gasteiger partial charge in [-0.15, -0.1) is 4.52 Å². The molecule has 0 radical (unpaired) electrons. The first-order valence-corrected chi connectivity index (χ1v) is 6.45. The van der Waals surface area contributed by atoms with E-state index in [2.05, 4.69) is 13.4 Å². The van der Waals surface area contributed by atoms with E-state index in [-0.39, 0.29) is 13.0 Å². The van der Waals surface area contributed by atoms with Crippen molar-refractivity contribution in [2.75, 3.05) is 13.7 Å². The maximum Gasteiger partial charge on any atom is 0.557 e. The second-order valence-corrected chi connectivity index (χ2v) is 5.10. The smallest absolute Gasteiger partial charge is 0.459 e. The predicted octanol–water partition coefficient (Wildman–Crippen LogP) is 0.702. The molecule has 17 heavy (non-hydrogen) atoms. The van der Waals surface area contributed by atoms with Crippen molar-refractivity contribution in [3.8, 4) is 6.07 Å². The van der Waals surface area contributed by atoms with Gasteiger partial charge in [0.1, 0.15) is 6.61 Å². The summed E-state index contributed by atoms with van der Waals surface area (Å²) in [4.78, 5) is 11.5. The van der Waals surface area contributed by atoms with E-state index in [1.165, 1.54) is 0 Å². The van der Waals surface area contributed by atoms with Gasteiger partial charge in [-0.2, -0.15) is 9.47 Å². The lowest BCUT2D eigenvalue weighted by atomic mass is 10.4. The van der Waals surface area contributed by atoms with E-state index in [0.717, 1.165) is 14.0 Å². The highest BCUT2D eigenvalue weighted by atomic mass is 32.2. The van der Waals surface area contributed by atoms with Gasteiger partial charge in [-0.1, -0.05) is 0 Å². The van der Waals surface area contributed by atoms with E-state index in [9.17, 15) is 13.6 Å². The van der Waals surface area contributed by atoms with Crippen LogP contribution in [-0.2, 0) is 34.2 Å². The van der Waals surface area contributed by atoms with Gasteiger partial charge in [0.15, 0.2) is 0 Å². The maximum atomic E-state index is 11.5. The number of esters is 1. The number of hydrogen-bond donors (Lipinski definition) is 1. The van der Waals surface area contributed by atoms with Crippen LogP contribution >= 0.6 is 8.03 Å². The summed E-state index contributed by atoms with van der Waals surface area (Å²) in [6.07, 6.45) is -0.0617. The summed E-state index contributed by atoms with van der Waals surface area (Å²) >= 11 is -2.81. The molecule has 0 spiro atoms. The largest absolute Gasteiger partial charge is 0.557 e. The topological polar surface area (TPSA) is 123 Å². The second-order valence-electron chi connectivity index (χ2n) is 2.77. The third kappa shape index (κ3) is 4.85. The Morgan fingerprint density at radius 3 is 2.65 bits per heavy atom. The molecule has 0 aromatic heterocycles. The minimum Gasteiger partial charge on any atom is -0.459 e. The normalized spacial score (nSPS) is 16.5. The van der Waals surface area contributed by atoms with E-state index < -0.39 is 30.7 Å². The van der Waals surface area contributed by atoms with Crippen LogP contribution in [0.1, 0.15) is 13.3 Å². The summed E-state index contributed by atoms with van der Waals surface area (Å²) in [5.74, 6) is -1.14. The summed E-state index contributed by atoms with van der Waals surface area (Å²) in [5, 5.41) is 6.04. The summed E-state index contributed by atoms with van der Waals surface area (Å²) in [6.45, 7) is 0.761. The molecule has 3 atom stereocenters. The summed E-state index contributed by atoms with van der Waals surface area (Å²) < 4.78 is 43.8. The van der Waals surface area contributed by atoms with Gasteiger partial charge in [0, 0.05) is 6.92 Å². The number of nitriles is 1. The van der Waals surface area contributed by atoms with Gasteiger partial charge in [-0.25, -0.2) is 8.98 Å². The molecule has 0 aromatic carbocycles. The molecular formula is C7H11NO7PS+. The van der Waals surface area contributed by atoms with Crippen molar-refractivity contribution >= 4 is 25.4 Å². The molecule has 0 aliphatic heterocycles. The molecule has 0 heterocycles. The van der Waals surface area contributed by atoms with Gasteiger partial charge in [0.2, 0.25) is 0 Å². The van der Waals surface area contributed by atoms with E-state index in [0.29, 0.717) is 0 Å². The average molecular weight is 284 g/mol. The molecule has 10 heteroatoms. The molecule has 3 unspecified atom stereocenters. The second kappa shape index (κ2) is 7.42. The molecule has 0 fully saturated rings. The van der Waals surface area contributed by atoms with Gasteiger partial charge < -0.3 is 4.74 Å². The van der Waals surface area contributed by atoms with E-state index in [1.807, 2.05) is 0 Å². The van der Waals surface area contributed by atoms with Crippen molar-refractivity contribution in [2.24, 2.45) is 0 Å². The molecule has 96 valence electrons. The number of carbonyl (C=O) groups is 1. The van der Waals surface area contributed by atoms with Gasteiger partial charge in [-0.3, -0.25) is 4.55 Å². The van der Waals surface area contributed by atoms with Crippen LogP contribution in [0.2, 0.25) is 0 Å². The van der Waals surface area contributed by atoms with Crippen LogP contribution in [0.5, 0.6) is 0 Å². The zero-order chi connectivity index (χ0) is 13.5. The van der Waals surface area contributed by atoms with Crippen molar-refractivity contribution in [1.29, 1.82) is 5.26 Å². The lowest BCUT2D eigenvalue weighted by Crippen LogP contribution is -2.37. The van der Waals surface area contributed by atoms with Crippen LogP contribution in [0.25, 0.3) is 0 Å². The van der Waals surface area contributed by atoms with Crippen LogP contribution in [0, 0.1) is 11.3 Å². The molecule has 0 aliphatic carbocycles. The van der Waals surface area contributed by atoms with E-state index in [4.69, 9.17) is 9.81 Å².